The monoisotopic (exact) mass is 318 g/mol. The van der Waals surface area contributed by atoms with E-state index in [2.05, 4.69) is 26.6 Å². The molecule has 0 aliphatic carbocycles. The summed E-state index contributed by atoms with van der Waals surface area (Å²) in [4.78, 5) is 11.9. The van der Waals surface area contributed by atoms with Gasteiger partial charge in [-0.05, 0) is 43.7 Å². The molecule has 0 bridgehead atoms. The van der Waals surface area contributed by atoms with Crippen LogP contribution in [0, 0.1) is 0 Å². The number of benzene rings is 1. The molecule has 1 atom stereocenters. The lowest BCUT2D eigenvalue weighted by Crippen LogP contribution is -2.43. The number of rotatable bonds is 2. The van der Waals surface area contributed by atoms with Crippen molar-refractivity contribution in [3.63, 3.8) is 0 Å². The summed E-state index contributed by atoms with van der Waals surface area (Å²) in [5.41, 5.74) is 0.848. The molecule has 2 rings (SSSR count). The number of amides is 1. The first-order chi connectivity index (χ1) is 7.75. The fourth-order valence-corrected chi connectivity index (χ4v) is 2.10. The molecular weight excluding hydrogens is 304 g/mol. The van der Waals surface area contributed by atoms with E-state index in [1.54, 1.807) is 0 Å². The number of piperidine rings is 1. The maximum atomic E-state index is 11.9. The van der Waals surface area contributed by atoms with Crippen LogP contribution in [0.15, 0.2) is 28.7 Å². The van der Waals surface area contributed by atoms with Crippen LogP contribution in [0.2, 0.25) is 0 Å². The molecule has 1 saturated heterocycles. The second-order valence-corrected chi connectivity index (χ2v) is 4.91. The third-order valence-electron chi connectivity index (χ3n) is 2.74. The quantitative estimate of drug-likeness (QED) is 0.880. The molecule has 1 fully saturated rings. The first-order valence-corrected chi connectivity index (χ1v) is 6.35. The van der Waals surface area contributed by atoms with Crippen LogP contribution in [0.1, 0.15) is 19.3 Å². The highest BCUT2D eigenvalue weighted by molar-refractivity contribution is 9.10. The summed E-state index contributed by atoms with van der Waals surface area (Å²) in [5, 5.41) is 6.15. The molecule has 1 aliphatic rings. The Labute approximate surface area is 116 Å². The number of hydrogen-bond acceptors (Lipinski definition) is 2. The molecule has 2 N–H and O–H groups in total. The fraction of sp³-hybridized carbons (Fsp3) is 0.417. The molecule has 1 heterocycles. The Balaban J connectivity index is 0.00000144. The maximum absolute atomic E-state index is 11.9. The summed E-state index contributed by atoms with van der Waals surface area (Å²) in [7, 11) is 0. The highest BCUT2D eigenvalue weighted by Crippen LogP contribution is 2.15. The van der Waals surface area contributed by atoms with Crippen LogP contribution in [0.3, 0.4) is 0 Å². The number of carbonyl (C=O) groups excluding carboxylic acids is 1. The van der Waals surface area contributed by atoms with Gasteiger partial charge < -0.3 is 10.6 Å². The highest BCUT2D eigenvalue weighted by Gasteiger charge is 2.20. The Hall–Kier alpha value is -0.580. The Morgan fingerprint density at radius 1 is 1.29 bits per heavy atom. The SMILES string of the molecule is Cl.O=C(Nc1ccc(Br)cc1)[C@@H]1CCCCN1. The summed E-state index contributed by atoms with van der Waals surface area (Å²) < 4.78 is 1.02. The molecule has 5 heteroatoms. The average molecular weight is 320 g/mol. The van der Waals surface area contributed by atoms with E-state index in [0.717, 1.165) is 29.5 Å². The molecular formula is C12H16BrClN2O. The minimum absolute atomic E-state index is 0. The lowest BCUT2D eigenvalue weighted by molar-refractivity contribution is -0.118. The summed E-state index contributed by atoms with van der Waals surface area (Å²) in [5.74, 6) is 0.0713. The fourth-order valence-electron chi connectivity index (χ4n) is 1.84. The van der Waals surface area contributed by atoms with Gasteiger partial charge in [0, 0.05) is 10.2 Å². The van der Waals surface area contributed by atoms with Crippen LogP contribution in [0.4, 0.5) is 5.69 Å². The lowest BCUT2D eigenvalue weighted by atomic mass is 10.0. The summed E-state index contributed by atoms with van der Waals surface area (Å²) in [6.07, 6.45) is 3.23. The summed E-state index contributed by atoms with van der Waals surface area (Å²) in [6.45, 7) is 0.943. The molecule has 1 amide bonds. The minimum Gasteiger partial charge on any atom is -0.325 e. The van der Waals surface area contributed by atoms with Gasteiger partial charge in [-0.1, -0.05) is 22.4 Å². The van der Waals surface area contributed by atoms with Gasteiger partial charge in [0.2, 0.25) is 5.91 Å². The Kier molecular flexibility index (Phi) is 5.95. The molecule has 0 spiro atoms. The van der Waals surface area contributed by atoms with E-state index in [0.29, 0.717) is 0 Å². The van der Waals surface area contributed by atoms with E-state index >= 15 is 0 Å². The van der Waals surface area contributed by atoms with Crippen molar-refractivity contribution in [2.24, 2.45) is 0 Å². The van der Waals surface area contributed by atoms with Gasteiger partial charge in [-0.25, -0.2) is 0 Å². The van der Waals surface area contributed by atoms with E-state index in [-0.39, 0.29) is 24.4 Å². The standard InChI is InChI=1S/C12H15BrN2O.ClH/c13-9-4-6-10(7-5-9)15-12(16)11-3-1-2-8-14-11;/h4-7,11,14H,1-3,8H2,(H,15,16);1H/t11-;/m0./s1. The van der Waals surface area contributed by atoms with E-state index in [1.165, 1.54) is 6.42 Å². The molecule has 1 aromatic carbocycles. The zero-order valence-corrected chi connectivity index (χ0v) is 11.8. The van der Waals surface area contributed by atoms with Crippen molar-refractivity contribution in [3.05, 3.63) is 28.7 Å². The van der Waals surface area contributed by atoms with E-state index in [9.17, 15) is 4.79 Å². The Morgan fingerprint density at radius 3 is 2.59 bits per heavy atom. The van der Waals surface area contributed by atoms with Gasteiger partial charge in [-0.15, -0.1) is 12.4 Å². The van der Waals surface area contributed by atoms with Crippen molar-refractivity contribution in [2.75, 3.05) is 11.9 Å². The van der Waals surface area contributed by atoms with Crippen LogP contribution in [-0.2, 0) is 4.79 Å². The Morgan fingerprint density at radius 2 is 2.00 bits per heavy atom. The van der Waals surface area contributed by atoms with Crippen molar-refractivity contribution >= 4 is 39.9 Å². The van der Waals surface area contributed by atoms with Gasteiger partial charge in [-0.3, -0.25) is 4.79 Å². The molecule has 3 nitrogen and oxygen atoms in total. The van der Waals surface area contributed by atoms with Gasteiger partial charge >= 0.3 is 0 Å². The van der Waals surface area contributed by atoms with Crippen molar-refractivity contribution < 1.29 is 4.79 Å². The number of anilines is 1. The zero-order chi connectivity index (χ0) is 11.4. The van der Waals surface area contributed by atoms with Gasteiger partial charge in [0.05, 0.1) is 6.04 Å². The van der Waals surface area contributed by atoms with Crippen LogP contribution in [0.5, 0.6) is 0 Å². The topological polar surface area (TPSA) is 41.1 Å². The van der Waals surface area contributed by atoms with Gasteiger partial charge in [-0.2, -0.15) is 0 Å². The summed E-state index contributed by atoms with van der Waals surface area (Å²) in [6, 6.07) is 7.60. The maximum Gasteiger partial charge on any atom is 0.241 e. The molecule has 1 aliphatic heterocycles. The molecule has 0 unspecified atom stereocenters. The van der Waals surface area contributed by atoms with E-state index < -0.39 is 0 Å². The number of carbonyl (C=O) groups is 1. The van der Waals surface area contributed by atoms with Crippen molar-refractivity contribution in [2.45, 2.75) is 25.3 Å². The van der Waals surface area contributed by atoms with Crippen LogP contribution in [0.25, 0.3) is 0 Å². The molecule has 0 aromatic heterocycles. The first-order valence-electron chi connectivity index (χ1n) is 5.55. The third-order valence-corrected chi connectivity index (χ3v) is 3.27. The smallest absolute Gasteiger partial charge is 0.241 e. The van der Waals surface area contributed by atoms with E-state index in [1.807, 2.05) is 24.3 Å². The number of halogens is 2. The Bertz CT molecular complexity index is 363. The third kappa shape index (κ3) is 4.30. The normalized spacial score (nSPS) is 19.2. The predicted octanol–water partition coefficient (Wildman–Crippen LogP) is 2.95. The molecule has 94 valence electrons. The van der Waals surface area contributed by atoms with E-state index in [4.69, 9.17) is 0 Å². The van der Waals surface area contributed by atoms with Crippen LogP contribution in [-0.4, -0.2) is 18.5 Å². The minimum atomic E-state index is -0.0302. The van der Waals surface area contributed by atoms with Crippen molar-refractivity contribution in [1.82, 2.24) is 5.32 Å². The van der Waals surface area contributed by atoms with Crippen LogP contribution >= 0.6 is 28.3 Å². The predicted molar refractivity (Wildman–Crippen MR) is 75.7 cm³/mol. The largest absolute Gasteiger partial charge is 0.325 e. The lowest BCUT2D eigenvalue weighted by Gasteiger charge is -2.22. The van der Waals surface area contributed by atoms with Gasteiger partial charge in [0.15, 0.2) is 0 Å². The number of nitrogens with one attached hydrogen (secondary N) is 2. The molecule has 17 heavy (non-hydrogen) atoms. The molecule has 0 radical (unpaired) electrons. The number of hydrogen-bond donors (Lipinski definition) is 2. The zero-order valence-electron chi connectivity index (χ0n) is 9.41. The second-order valence-electron chi connectivity index (χ2n) is 4.00. The first kappa shape index (κ1) is 14.5. The van der Waals surface area contributed by atoms with Crippen molar-refractivity contribution in [3.8, 4) is 0 Å². The van der Waals surface area contributed by atoms with Crippen molar-refractivity contribution in [1.29, 1.82) is 0 Å². The second kappa shape index (κ2) is 6.99. The highest BCUT2D eigenvalue weighted by atomic mass is 79.9. The molecule has 0 saturated carbocycles. The molecule has 1 aromatic rings. The van der Waals surface area contributed by atoms with Gasteiger partial charge in [0.1, 0.15) is 0 Å². The van der Waals surface area contributed by atoms with Crippen LogP contribution < -0.4 is 10.6 Å². The average Bonchev–Trinajstić information content (AvgIpc) is 2.33. The van der Waals surface area contributed by atoms with Gasteiger partial charge in [0.25, 0.3) is 0 Å². The summed E-state index contributed by atoms with van der Waals surface area (Å²) >= 11 is 3.36.